The standard InChI is InChI=1S/C17H25N5O4/c18-12(17(25)26)4-2-1-3-10-6-22(8-13(10)23)7-11-5-19-15-14(11)20-9-21-16(15)24/h5,9-10,12-13,19,23H,1-4,6-8,18H2,(H,25,26)(H,20,21,24)/t10-,12-,13+/m0/s1. The number of aliphatic hydroxyl groups is 1. The summed E-state index contributed by atoms with van der Waals surface area (Å²) in [6.45, 7) is 1.96. The number of nitrogens with two attached hydrogens (primary N) is 1. The van der Waals surface area contributed by atoms with Gasteiger partial charge < -0.3 is 25.9 Å². The summed E-state index contributed by atoms with van der Waals surface area (Å²) in [5.74, 6) is -0.805. The maximum absolute atomic E-state index is 11.7. The molecular formula is C17H25N5O4. The highest BCUT2D eigenvalue weighted by atomic mass is 16.4. The van der Waals surface area contributed by atoms with E-state index in [2.05, 4.69) is 19.9 Å². The fourth-order valence-electron chi connectivity index (χ4n) is 3.61. The first-order valence-corrected chi connectivity index (χ1v) is 8.88. The lowest BCUT2D eigenvalue weighted by Crippen LogP contribution is -2.29. The normalized spacial score (nSPS) is 22.1. The van der Waals surface area contributed by atoms with E-state index < -0.39 is 18.1 Å². The van der Waals surface area contributed by atoms with E-state index in [0.29, 0.717) is 30.5 Å². The molecule has 6 N–H and O–H groups in total. The maximum atomic E-state index is 11.7. The lowest BCUT2D eigenvalue weighted by molar-refractivity contribution is -0.138. The van der Waals surface area contributed by atoms with Crippen LogP contribution in [0, 0.1) is 5.92 Å². The van der Waals surface area contributed by atoms with Gasteiger partial charge in [-0.3, -0.25) is 14.5 Å². The maximum Gasteiger partial charge on any atom is 0.320 e. The quantitative estimate of drug-likeness (QED) is 0.415. The first-order valence-electron chi connectivity index (χ1n) is 8.88. The Kier molecular flexibility index (Phi) is 5.70. The number of aromatic nitrogens is 3. The Hall–Kier alpha value is -2.23. The van der Waals surface area contributed by atoms with E-state index in [1.165, 1.54) is 6.33 Å². The average molecular weight is 363 g/mol. The molecule has 3 atom stereocenters. The second-order valence-electron chi connectivity index (χ2n) is 7.02. The van der Waals surface area contributed by atoms with E-state index in [4.69, 9.17) is 10.8 Å². The van der Waals surface area contributed by atoms with Crippen molar-refractivity contribution < 1.29 is 15.0 Å². The van der Waals surface area contributed by atoms with E-state index in [9.17, 15) is 14.7 Å². The van der Waals surface area contributed by atoms with Crippen LogP contribution in [0.1, 0.15) is 31.2 Å². The fourth-order valence-corrected chi connectivity index (χ4v) is 3.61. The van der Waals surface area contributed by atoms with Crippen molar-refractivity contribution in [3.05, 3.63) is 28.4 Å². The number of unbranched alkanes of at least 4 members (excludes halogenated alkanes) is 1. The van der Waals surface area contributed by atoms with Crippen LogP contribution < -0.4 is 11.3 Å². The SMILES string of the molecule is N[C@@H](CCCC[C@H]1CN(Cc2c[nH]c3c(=O)[nH]cnc23)C[C@H]1O)C(=O)O. The molecule has 0 radical (unpaired) electrons. The van der Waals surface area contributed by atoms with Crippen molar-refractivity contribution in [3.8, 4) is 0 Å². The van der Waals surface area contributed by atoms with Crippen LogP contribution >= 0.6 is 0 Å². The van der Waals surface area contributed by atoms with Gasteiger partial charge in [0.15, 0.2) is 0 Å². The predicted molar refractivity (Wildman–Crippen MR) is 95.6 cm³/mol. The summed E-state index contributed by atoms with van der Waals surface area (Å²) in [6.07, 6.45) is 5.68. The number of nitrogens with one attached hydrogen (secondary N) is 2. The molecule has 0 spiro atoms. The van der Waals surface area contributed by atoms with Crippen molar-refractivity contribution in [1.29, 1.82) is 0 Å². The fraction of sp³-hybridized carbons (Fsp3) is 0.588. The third-order valence-corrected chi connectivity index (χ3v) is 5.08. The van der Waals surface area contributed by atoms with Crippen LogP contribution in [0.15, 0.2) is 17.3 Å². The number of carboxylic acid groups (broad SMARTS) is 1. The minimum absolute atomic E-state index is 0.164. The smallest absolute Gasteiger partial charge is 0.320 e. The third kappa shape index (κ3) is 4.12. The highest BCUT2D eigenvalue weighted by Crippen LogP contribution is 2.25. The van der Waals surface area contributed by atoms with Crippen molar-refractivity contribution in [1.82, 2.24) is 19.9 Å². The van der Waals surface area contributed by atoms with Crippen molar-refractivity contribution >= 4 is 17.0 Å². The number of β-amino-alcohol motifs (C(OH)–C–C–N with tert-alkyl or cyclic N) is 1. The number of hydrogen-bond donors (Lipinski definition) is 5. The van der Waals surface area contributed by atoms with E-state index in [1.54, 1.807) is 6.20 Å². The summed E-state index contributed by atoms with van der Waals surface area (Å²) < 4.78 is 0. The monoisotopic (exact) mass is 363 g/mol. The number of likely N-dealkylation sites (tertiary alicyclic amines) is 1. The molecule has 1 aliphatic heterocycles. The lowest BCUT2D eigenvalue weighted by Gasteiger charge is -2.15. The number of rotatable bonds is 8. The van der Waals surface area contributed by atoms with E-state index in [-0.39, 0.29) is 11.5 Å². The van der Waals surface area contributed by atoms with Gasteiger partial charge in [-0.15, -0.1) is 0 Å². The van der Waals surface area contributed by atoms with Gasteiger partial charge in [-0.1, -0.05) is 12.8 Å². The molecule has 0 aliphatic carbocycles. The number of fused-ring (bicyclic) bond motifs is 1. The number of aromatic amines is 2. The van der Waals surface area contributed by atoms with Crippen molar-refractivity contribution in [2.24, 2.45) is 11.7 Å². The van der Waals surface area contributed by atoms with Gasteiger partial charge in [0.25, 0.3) is 5.56 Å². The highest BCUT2D eigenvalue weighted by Gasteiger charge is 2.31. The van der Waals surface area contributed by atoms with Crippen molar-refractivity contribution in [2.45, 2.75) is 44.4 Å². The molecule has 0 unspecified atom stereocenters. The van der Waals surface area contributed by atoms with Crippen LogP contribution in [-0.4, -0.2) is 61.3 Å². The molecule has 2 aromatic heterocycles. The lowest BCUT2D eigenvalue weighted by atomic mass is 9.97. The number of carbonyl (C=O) groups is 1. The van der Waals surface area contributed by atoms with Crippen LogP contribution in [0.25, 0.3) is 11.0 Å². The topological polar surface area (TPSA) is 148 Å². The minimum Gasteiger partial charge on any atom is -0.480 e. The zero-order valence-electron chi connectivity index (χ0n) is 14.5. The zero-order chi connectivity index (χ0) is 18.7. The zero-order valence-corrected chi connectivity index (χ0v) is 14.5. The number of aliphatic carboxylic acids is 1. The van der Waals surface area contributed by atoms with E-state index >= 15 is 0 Å². The Labute approximate surface area is 150 Å². The van der Waals surface area contributed by atoms with Crippen LogP contribution in [0.2, 0.25) is 0 Å². The van der Waals surface area contributed by atoms with Gasteiger partial charge in [0, 0.05) is 31.4 Å². The Morgan fingerprint density at radius 1 is 1.38 bits per heavy atom. The molecule has 3 rings (SSSR count). The number of nitrogens with zero attached hydrogens (tertiary/aromatic N) is 2. The summed E-state index contributed by atoms with van der Waals surface area (Å²) in [4.78, 5) is 34.3. The summed E-state index contributed by atoms with van der Waals surface area (Å²) in [5, 5.41) is 19.1. The Morgan fingerprint density at radius 3 is 2.96 bits per heavy atom. The summed E-state index contributed by atoms with van der Waals surface area (Å²) in [5.41, 5.74) is 7.37. The Morgan fingerprint density at radius 2 is 2.19 bits per heavy atom. The third-order valence-electron chi connectivity index (χ3n) is 5.08. The molecule has 0 bridgehead atoms. The van der Waals surface area contributed by atoms with E-state index in [1.807, 2.05) is 0 Å². The van der Waals surface area contributed by atoms with Crippen LogP contribution in [0.5, 0.6) is 0 Å². The van der Waals surface area contributed by atoms with Crippen LogP contribution in [-0.2, 0) is 11.3 Å². The van der Waals surface area contributed by atoms with Gasteiger partial charge in [0.05, 0.1) is 17.9 Å². The summed E-state index contributed by atoms with van der Waals surface area (Å²) in [7, 11) is 0. The second kappa shape index (κ2) is 7.98. The van der Waals surface area contributed by atoms with Gasteiger partial charge in [-0.05, 0) is 18.8 Å². The molecule has 1 saturated heterocycles. The minimum atomic E-state index is -0.969. The van der Waals surface area contributed by atoms with Crippen LogP contribution in [0.4, 0.5) is 0 Å². The molecule has 0 aromatic carbocycles. The van der Waals surface area contributed by atoms with Gasteiger partial charge in [-0.2, -0.15) is 0 Å². The van der Waals surface area contributed by atoms with Crippen molar-refractivity contribution in [3.63, 3.8) is 0 Å². The largest absolute Gasteiger partial charge is 0.480 e. The molecule has 0 saturated carbocycles. The molecule has 26 heavy (non-hydrogen) atoms. The van der Waals surface area contributed by atoms with Gasteiger partial charge in [0.2, 0.25) is 0 Å². The number of aliphatic hydroxyl groups excluding tert-OH is 1. The molecular weight excluding hydrogens is 338 g/mol. The molecule has 0 amide bonds. The highest BCUT2D eigenvalue weighted by molar-refractivity contribution is 5.77. The van der Waals surface area contributed by atoms with Gasteiger partial charge in [0.1, 0.15) is 11.6 Å². The second-order valence-corrected chi connectivity index (χ2v) is 7.02. The molecule has 142 valence electrons. The molecule has 1 fully saturated rings. The molecule has 2 aromatic rings. The van der Waals surface area contributed by atoms with Crippen LogP contribution in [0.3, 0.4) is 0 Å². The van der Waals surface area contributed by atoms with E-state index in [0.717, 1.165) is 31.4 Å². The Balaban J connectivity index is 1.51. The van der Waals surface area contributed by atoms with Gasteiger partial charge >= 0.3 is 5.97 Å². The number of H-pyrrole nitrogens is 2. The van der Waals surface area contributed by atoms with Gasteiger partial charge in [-0.25, -0.2) is 4.98 Å². The summed E-state index contributed by atoms with van der Waals surface area (Å²) in [6, 6.07) is -0.808. The summed E-state index contributed by atoms with van der Waals surface area (Å²) >= 11 is 0. The molecule has 3 heterocycles. The number of hydrogen-bond acceptors (Lipinski definition) is 6. The van der Waals surface area contributed by atoms with Crippen molar-refractivity contribution in [2.75, 3.05) is 13.1 Å². The first-order chi connectivity index (χ1) is 12.5. The first kappa shape index (κ1) is 18.6. The Bertz CT molecular complexity index is 817. The molecule has 1 aliphatic rings. The number of carboxylic acids is 1. The predicted octanol–water partition coefficient (Wildman–Crippen LogP) is 0.0162. The molecule has 9 nitrogen and oxygen atoms in total. The molecule has 9 heteroatoms. The average Bonchev–Trinajstić information content (AvgIpc) is 3.16.